The first-order chi connectivity index (χ1) is 38.1. The monoisotopic (exact) mass is 1250 g/mol. The van der Waals surface area contributed by atoms with E-state index in [1.165, 1.54) is 50.4 Å². The molecular formula is C57H53Cl4F6N2NaO13. The van der Waals surface area contributed by atoms with E-state index in [0.717, 1.165) is 0 Å². The molecule has 0 aliphatic carbocycles. The Morgan fingerprint density at radius 3 is 1.28 bits per heavy atom. The van der Waals surface area contributed by atoms with Crippen molar-refractivity contribution in [2.75, 3.05) is 13.7 Å². The first kappa shape index (κ1) is 69.3. The Balaban J connectivity index is 0.000000334. The Hall–Kier alpha value is -6.24. The third-order valence-corrected chi connectivity index (χ3v) is 12.7. The number of hydrogen-bond donors (Lipinski definition) is 2. The van der Waals surface area contributed by atoms with Crippen molar-refractivity contribution in [1.29, 1.82) is 0 Å². The summed E-state index contributed by atoms with van der Waals surface area (Å²) in [4.78, 5) is 26.8. The molecule has 440 valence electrons. The number of fused-ring (bicyclic) bond motifs is 2. The molecule has 0 bridgehead atoms. The maximum Gasteiger partial charge on any atom is 1.00 e. The van der Waals surface area contributed by atoms with E-state index >= 15 is 0 Å². The number of aliphatic carboxylic acids is 1. The van der Waals surface area contributed by atoms with E-state index in [0.29, 0.717) is 82.4 Å². The van der Waals surface area contributed by atoms with Gasteiger partial charge in [-0.1, -0.05) is 72.4 Å². The van der Waals surface area contributed by atoms with Crippen LogP contribution in [0, 0.1) is 19.8 Å². The molecule has 2 aromatic heterocycles. The SMILES string of the molecule is COO.Cc1c(Oc2ccc(Cl)cc2)c2ccc(OC(F)(F)F)cc2n1Cc1ccc(Cl)c(O[C@@H](C)C(=O)O)c1.Cc1c(Oc2ccc(Cl)cc2)c2ccc(OC(F)(F)F)cc2n1Cc1ccc(Cl)c(O[C@@H](C)C(=O)OCC(C)C)c1.[Na+].[OH-]. The number of benzene rings is 6. The Morgan fingerprint density at radius 1 is 0.566 bits per heavy atom. The van der Waals surface area contributed by atoms with Gasteiger partial charge in [-0.3, -0.25) is 5.26 Å². The Bertz CT molecular complexity index is 3470. The topological polar surface area (TPSA) is 188 Å². The maximum absolute atomic E-state index is 13.0. The quantitative estimate of drug-likeness (QED) is 0.0272. The predicted molar refractivity (Wildman–Crippen MR) is 296 cm³/mol. The zero-order valence-electron chi connectivity index (χ0n) is 45.5. The minimum atomic E-state index is -4.86. The largest absolute Gasteiger partial charge is 1.00 e. The molecule has 0 spiro atoms. The summed E-state index contributed by atoms with van der Waals surface area (Å²) in [5.41, 5.74) is 3.55. The molecule has 0 saturated heterocycles. The summed E-state index contributed by atoms with van der Waals surface area (Å²) in [6, 6.07) is 31.4. The number of alkyl halides is 6. The van der Waals surface area contributed by atoms with Gasteiger partial charge in [-0.15, -0.1) is 26.3 Å². The number of rotatable bonds is 18. The van der Waals surface area contributed by atoms with E-state index in [1.807, 2.05) is 13.8 Å². The minimum absolute atomic E-state index is 0. The molecule has 0 amide bonds. The third-order valence-electron chi connectivity index (χ3n) is 11.5. The third kappa shape index (κ3) is 19.7. The summed E-state index contributed by atoms with van der Waals surface area (Å²) in [6.45, 7) is 11.0. The van der Waals surface area contributed by atoms with Gasteiger partial charge in [0.2, 0.25) is 0 Å². The minimum Gasteiger partial charge on any atom is -0.870 e. The molecule has 6 aromatic carbocycles. The standard InChI is InChI=1S/C30H28Cl2F3NO5.C26H20Cl2F3NO5.CH4O2.Na.H2O/c1-17(2)16-38-29(37)19(4)39-27-13-20(5-12-25(27)32)15-36-18(3)28(40-22-8-6-21(31)7-9-22)24-11-10-23(14-26(24)36)41-30(33,34)35;1-14-24(36-18-6-4-17(27)5-7-18)20-9-8-19(37-26(29,30)31)12-22(20)32(14)13-16-3-10-21(28)23(11-16)35-15(2)25(33)34;1-3-2;;/h5-14,17,19H,15-16H2,1-4H3;3-12,15H,13H2,1-2H3,(H,33,34);2H,1H3;;1H2/q;;;+1;/p-1/t19-;15-;;;/m00.../s1. The molecule has 83 heavy (non-hydrogen) atoms. The molecule has 2 heterocycles. The molecular weight excluding hydrogens is 1200 g/mol. The fraction of sp³-hybridized carbons (Fsp3) is 0.263. The van der Waals surface area contributed by atoms with Gasteiger partial charge in [0.1, 0.15) is 34.5 Å². The fourth-order valence-corrected chi connectivity index (χ4v) is 8.41. The average Bonchev–Trinajstić information content (AvgIpc) is 3.36. The van der Waals surface area contributed by atoms with E-state index < -0.39 is 36.9 Å². The van der Waals surface area contributed by atoms with Crippen molar-refractivity contribution in [3.8, 4) is 46.0 Å². The number of hydrogen-bond acceptors (Lipinski definition) is 12. The van der Waals surface area contributed by atoms with Crippen LogP contribution in [0.15, 0.2) is 121 Å². The number of esters is 1. The second kappa shape index (κ2) is 30.5. The van der Waals surface area contributed by atoms with Crippen molar-refractivity contribution >= 4 is 80.1 Å². The van der Waals surface area contributed by atoms with E-state index in [1.54, 1.807) is 115 Å². The van der Waals surface area contributed by atoms with E-state index in [-0.39, 0.29) is 88.7 Å². The summed E-state index contributed by atoms with van der Waals surface area (Å²) in [7, 11) is 1.18. The molecule has 0 saturated carbocycles. The van der Waals surface area contributed by atoms with Crippen LogP contribution in [0.4, 0.5) is 26.3 Å². The smallest absolute Gasteiger partial charge is 0.870 e. The van der Waals surface area contributed by atoms with Gasteiger partial charge in [0.05, 0.1) is 46.2 Å². The summed E-state index contributed by atoms with van der Waals surface area (Å²) in [5, 5.41) is 18.9. The molecule has 8 aromatic rings. The maximum atomic E-state index is 13.0. The number of carboxylic acids is 1. The van der Waals surface area contributed by atoms with E-state index in [9.17, 15) is 35.9 Å². The number of carboxylic acid groups (broad SMARTS) is 1. The Labute approximate surface area is 514 Å². The van der Waals surface area contributed by atoms with Gasteiger partial charge in [0.25, 0.3) is 0 Å². The molecule has 3 N–H and O–H groups in total. The van der Waals surface area contributed by atoms with Gasteiger partial charge in [-0.2, -0.15) is 0 Å². The second-order valence-corrected chi connectivity index (χ2v) is 19.8. The molecule has 0 unspecified atom stereocenters. The molecule has 0 radical (unpaired) electrons. The van der Waals surface area contributed by atoms with E-state index in [2.05, 4.69) is 14.4 Å². The summed E-state index contributed by atoms with van der Waals surface area (Å²) in [6.07, 6.45) is -11.7. The molecule has 0 aliphatic heterocycles. The van der Waals surface area contributed by atoms with Gasteiger partial charge in [0.15, 0.2) is 23.7 Å². The van der Waals surface area contributed by atoms with Crippen LogP contribution >= 0.6 is 46.4 Å². The molecule has 2 atom stereocenters. The van der Waals surface area contributed by atoms with Gasteiger partial charge >= 0.3 is 54.2 Å². The number of ether oxygens (including phenoxy) is 7. The van der Waals surface area contributed by atoms with Crippen LogP contribution < -0.4 is 58.0 Å². The van der Waals surface area contributed by atoms with Gasteiger partial charge in [0, 0.05) is 46.0 Å². The zero-order valence-corrected chi connectivity index (χ0v) is 50.5. The van der Waals surface area contributed by atoms with Crippen molar-refractivity contribution in [1.82, 2.24) is 9.13 Å². The zero-order chi connectivity index (χ0) is 59.5. The first-order valence-corrected chi connectivity index (χ1v) is 25.8. The molecule has 15 nitrogen and oxygen atoms in total. The van der Waals surface area contributed by atoms with Crippen LogP contribution in [0.1, 0.15) is 50.2 Å². The van der Waals surface area contributed by atoms with Crippen molar-refractivity contribution in [3.63, 3.8) is 0 Å². The number of nitrogens with zero attached hydrogens (tertiary/aromatic N) is 2. The first-order valence-electron chi connectivity index (χ1n) is 24.2. The van der Waals surface area contributed by atoms with Crippen molar-refractivity contribution in [3.05, 3.63) is 164 Å². The summed E-state index contributed by atoms with van der Waals surface area (Å²) < 4.78 is 118. The van der Waals surface area contributed by atoms with Gasteiger partial charge in [-0.25, -0.2) is 14.5 Å². The van der Waals surface area contributed by atoms with Crippen LogP contribution in [0.5, 0.6) is 46.0 Å². The average molecular weight is 1250 g/mol. The van der Waals surface area contributed by atoms with Gasteiger partial charge < -0.3 is 52.9 Å². The van der Waals surface area contributed by atoms with Crippen molar-refractivity contribution < 1.29 is 119 Å². The number of carbonyl (C=O) groups excluding carboxylic acids is 1. The van der Waals surface area contributed by atoms with Crippen LogP contribution in [-0.2, 0) is 32.3 Å². The van der Waals surface area contributed by atoms with Crippen LogP contribution in [0.25, 0.3) is 21.8 Å². The predicted octanol–water partition coefficient (Wildman–Crippen LogP) is 13.7. The van der Waals surface area contributed by atoms with Crippen molar-refractivity contribution in [2.24, 2.45) is 5.92 Å². The number of carbonyl (C=O) groups is 2. The molecule has 0 aliphatic rings. The van der Waals surface area contributed by atoms with Crippen molar-refractivity contribution in [2.45, 2.75) is 79.6 Å². The molecule has 8 rings (SSSR count). The van der Waals surface area contributed by atoms with Crippen LogP contribution in [0.2, 0.25) is 20.1 Å². The van der Waals surface area contributed by atoms with E-state index in [4.69, 9.17) is 80.5 Å². The second-order valence-electron chi connectivity index (χ2n) is 18.2. The van der Waals surface area contributed by atoms with Crippen LogP contribution in [-0.4, -0.2) is 75.6 Å². The normalized spacial score (nSPS) is 11.9. The number of halogens is 10. The summed E-state index contributed by atoms with van der Waals surface area (Å²) in [5.74, 6) is 0.0981. The Kier molecular flexibility index (Phi) is 25.5. The summed E-state index contributed by atoms with van der Waals surface area (Å²) >= 11 is 24.5. The van der Waals surface area contributed by atoms with Crippen LogP contribution in [0.3, 0.4) is 0 Å². The fourth-order valence-electron chi connectivity index (χ4n) is 7.83. The number of aromatic nitrogens is 2. The molecule has 0 fully saturated rings. The van der Waals surface area contributed by atoms with Gasteiger partial charge in [-0.05, 0) is 142 Å². The Morgan fingerprint density at radius 2 is 0.928 bits per heavy atom. The molecule has 26 heteroatoms.